The molecule has 2 aromatic carbocycles. The van der Waals surface area contributed by atoms with Crippen molar-refractivity contribution in [2.24, 2.45) is 5.16 Å². The molecule has 0 aliphatic heterocycles. The Morgan fingerprint density at radius 1 is 1.25 bits per heavy atom. The number of oxazole rings is 1. The van der Waals surface area contributed by atoms with Gasteiger partial charge in [0.05, 0.1) is 6.21 Å². The summed E-state index contributed by atoms with van der Waals surface area (Å²) in [5.74, 6) is 0.672. The number of aromatic nitrogens is 1. The van der Waals surface area contributed by atoms with Crippen molar-refractivity contribution < 1.29 is 18.8 Å². The van der Waals surface area contributed by atoms with Crippen LogP contribution in [-0.2, 0) is 6.61 Å². The number of aryl methyl sites for hydroxylation is 1. The maximum atomic E-state index is 13.9. The summed E-state index contributed by atoms with van der Waals surface area (Å²) in [6.45, 7) is 1.88. The molecule has 0 bridgehead atoms. The Balaban J connectivity index is 1.74. The molecule has 0 saturated carbocycles. The van der Waals surface area contributed by atoms with Crippen LogP contribution in [0.3, 0.4) is 0 Å². The summed E-state index contributed by atoms with van der Waals surface area (Å²) in [4.78, 5) is 4.40. The van der Waals surface area contributed by atoms with Crippen molar-refractivity contribution in [2.45, 2.75) is 13.5 Å². The van der Waals surface area contributed by atoms with Gasteiger partial charge >= 0.3 is 0 Å². The van der Waals surface area contributed by atoms with Crippen LogP contribution in [0.4, 0.5) is 4.39 Å². The Bertz CT molecular complexity index is 860. The van der Waals surface area contributed by atoms with Crippen LogP contribution in [0, 0.1) is 12.7 Å². The summed E-state index contributed by atoms with van der Waals surface area (Å²) in [5, 5.41) is 11.3. The van der Waals surface area contributed by atoms with Gasteiger partial charge in [0.25, 0.3) is 0 Å². The van der Waals surface area contributed by atoms with E-state index in [1.54, 1.807) is 13.0 Å². The van der Waals surface area contributed by atoms with Crippen molar-refractivity contribution in [3.8, 4) is 17.2 Å². The van der Waals surface area contributed by atoms with Gasteiger partial charge < -0.3 is 14.4 Å². The van der Waals surface area contributed by atoms with E-state index in [9.17, 15) is 4.39 Å². The first kappa shape index (κ1) is 15.7. The second-order valence-corrected chi connectivity index (χ2v) is 5.11. The first-order valence-electron chi connectivity index (χ1n) is 7.29. The van der Waals surface area contributed by atoms with Crippen LogP contribution in [0.1, 0.15) is 17.0 Å². The Morgan fingerprint density at radius 2 is 2.04 bits per heavy atom. The minimum absolute atomic E-state index is 0.0898. The van der Waals surface area contributed by atoms with Crippen molar-refractivity contribution in [1.29, 1.82) is 0 Å². The van der Waals surface area contributed by atoms with E-state index in [4.69, 9.17) is 14.4 Å². The van der Waals surface area contributed by atoms with Crippen molar-refractivity contribution in [2.75, 3.05) is 0 Å². The predicted octanol–water partition coefficient (Wildman–Crippen LogP) is 4.18. The van der Waals surface area contributed by atoms with Gasteiger partial charge in [0.2, 0.25) is 5.89 Å². The van der Waals surface area contributed by atoms with Gasteiger partial charge in [-0.15, -0.1) is 0 Å². The molecule has 0 saturated heterocycles. The summed E-state index contributed by atoms with van der Waals surface area (Å²) in [6, 6.07) is 13.8. The van der Waals surface area contributed by atoms with E-state index in [1.165, 1.54) is 12.1 Å². The molecule has 0 radical (unpaired) electrons. The van der Waals surface area contributed by atoms with Gasteiger partial charge in [-0.05, 0) is 42.8 Å². The summed E-state index contributed by atoms with van der Waals surface area (Å²) in [5.41, 5.74) is 1.91. The molecule has 1 aromatic heterocycles. The Kier molecular flexibility index (Phi) is 4.56. The molecule has 3 aromatic rings. The number of halogens is 1. The van der Waals surface area contributed by atoms with Gasteiger partial charge in [0, 0.05) is 5.56 Å². The van der Waals surface area contributed by atoms with Gasteiger partial charge in [-0.3, -0.25) is 0 Å². The van der Waals surface area contributed by atoms with E-state index in [-0.39, 0.29) is 12.4 Å². The fraction of sp³-hybridized carbons (Fsp3) is 0.111. The fourth-order valence-electron chi connectivity index (χ4n) is 2.19. The summed E-state index contributed by atoms with van der Waals surface area (Å²) in [7, 11) is 0. The number of nitrogens with zero attached hydrogens (tertiary/aromatic N) is 2. The third-order valence-corrected chi connectivity index (χ3v) is 3.44. The monoisotopic (exact) mass is 326 g/mol. The number of rotatable bonds is 5. The minimum Gasteiger partial charge on any atom is -0.484 e. The van der Waals surface area contributed by atoms with E-state index < -0.39 is 5.82 Å². The van der Waals surface area contributed by atoms with Crippen LogP contribution in [-0.4, -0.2) is 16.4 Å². The van der Waals surface area contributed by atoms with Gasteiger partial charge in [-0.25, -0.2) is 9.37 Å². The smallest absolute Gasteiger partial charge is 0.226 e. The molecule has 24 heavy (non-hydrogen) atoms. The quantitative estimate of drug-likeness (QED) is 0.434. The van der Waals surface area contributed by atoms with Crippen molar-refractivity contribution in [3.05, 3.63) is 71.4 Å². The van der Waals surface area contributed by atoms with Gasteiger partial charge in [0.15, 0.2) is 11.6 Å². The molecule has 6 heteroatoms. The second kappa shape index (κ2) is 6.95. The Hall–Kier alpha value is -3.15. The zero-order chi connectivity index (χ0) is 16.9. The molecule has 122 valence electrons. The average Bonchev–Trinajstić information content (AvgIpc) is 2.96. The third-order valence-electron chi connectivity index (χ3n) is 3.44. The molecule has 0 fully saturated rings. The molecular weight excluding hydrogens is 311 g/mol. The molecule has 1 N–H and O–H groups in total. The van der Waals surface area contributed by atoms with Gasteiger partial charge in [-0.1, -0.05) is 23.4 Å². The molecule has 3 rings (SSSR count). The van der Waals surface area contributed by atoms with E-state index in [0.717, 1.165) is 11.8 Å². The van der Waals surface area contributed by atoms with Crippen LogP contribution in [0.2, 0.25) is 0 Å². The van der Waals surface area contributed by atoms with E-state index in [1.807, 2.05) is 30.3 Å². The molecule has 5 nitrogen and oxygen atoms in total. The highest BCUT2D eigenvalue weighted by Crippen LogP contribution is 2.23. The third kappa shape index (κ3) is 3.43. The standard InChI is InChI=1S/C18H15FN2O3/c1-12-16(21-18(24-12)14-5-3-2-4-6-14)11-23-17-8-7-13(10-20-22)9-15(17)19/h2-10,22H,11H2,1H3/b20-10+. The van der Waals surface area contributed by atoms with Crippen LogP contribution in [0.15, 0.2) is 58.1 Å². The van der Waals surface area contributed by atoms with E-state index in [0.29, 0.717) is 22.9 Å². The fourth-order valence-corrected chi connectivity index (χ4v) is 2.19. The highest BCUT2D eigenvalue weighted by molar-refractivity contribution is 5.79. The van der Waals surface area contributed by atoms with Crippen LogP contribution < -0.4 is 4.74 Å². The topological polar surface area (TPSA) is 67.9 Å². The molecule has 0 unspecified atom stereocenters. The molecule has 1 heterocycles. The molecule has 0 spiro atoms. The zero-order valence-corrected chi connectivity index (χ0v) is 12.9. The lowest BCUT2D eigenvalue weighted by Crippen LogP contribution is -2.00. The predicted molar refractivity (Wildman–Crippen MR) is 86.8 cm³/mol. The zero-order valence-electron chi connectivity index (χ0n) is 12.9. The lowest BCUT2D eigenvalue weighted by molar-refractivity contribution is 0.284. The van der Waals surface area contributed by atoms with Crippen molar-refractivity contribution in [3.63, 3.8) is 0 Å². The van der Waals surface area contributed by atoms with Crippen LogP contribution >= 0.6 is 0 Å². The lowest BCUT2D eigenvalue weighted by atomic mass is 10.2. The maximum Gasteiger partial charge on any atom is 0.226 e. The number of hydrogen-bond acceptors (Lipinski definition) is 5. The van der Waals surface area contributed by atoms with Crippen molar-refractivity contribution in [1.82, 2.24) is 4.98 Å². The van der Waals surface area contributed by atoms with Crippen molar-refractivity contribution >= 4 is 6.21 Å². The lowest BCUT2D eigenvalue weighted by Gasteiger charge is -2.06. The average molecular weight is 326 g/mol. The Morgan fingerprint density at radius 3 is 2.75 bits per heavy atom. The maximum absolute atomic E-state index is 13.9. The van der Waals surface area contributed by atoms with Crippen LogP contribution in [0.25, 0.3) is 11.5 Å². The van der Waals surface area contributed by atoms with E-state index in [2.05, 4.69) is 10.1 Å². The first-order valence-corrected chi connectivity index (χ1v) is 7.29. The van der Waals surface area contributed by atoms with Gasteiger partial charge in [0.1, 0.15) is 18.1 Å². The number of ether oxygens (including phenoxy) is 1. The molecular formula is C18H15FN2O3. The second-order valence-electron chi connectivity index (χ2n) is 5.11. The van der Waals surface area contributed by atoms with Crippen LogP contribution in [0.5, 0.6) is 5.75 Å². The Labute approximate surface area is 138 Å². The highest BCUT2D eigenvalue weighted by Gasteiger charge is 2.13. The molecule has 0 amide bonds. The molecule has 0 aliphatic carbocycles. The largest absolute Gasteiger partial charge is 0.484 e. The van der Waals surface area contributed by atoms with Gasteiger partial charge in [-0.2, -0.15) is 0 Å². The summed E-state index contributed by atoms with van der Waals surface area (Å²) in [6.07, 6.45) is 1.14. The summed E-state index contributed by atoms with van der Waals surface area (Å²) >= 11 is 0. The number of benzene rings is 2. The molecule has 0 atom stereocenters. The first-order chi connectivity index (χ1) is 11.7. The van der Waals surface area contributed by atoms with E-state index >= 15 is 0 Å². The number of hydrogen-bond donors (Lipinski definition) is 1. The SMILES string of the molecule is Cc1oc(-c2ccccc2)nc1COc1ccc(/C=N/O)cc1F. The highest BCUT2D eigenvalue weighted by atomic mass is 19.1. The normalized spacial score (nSPS) is 11.1. The minimum atomic E-state index is -0.545. The molecule has 0 aliphatic rings. The number of oxime groups is 1. The summed E-state index contributed by atoms with van der Waals surface area (Å²) < 4.78 is 25.1.